The highest BCUT2D eigenvalue weighted by atomic mass is 19.4. The number of rotatable bonds is 0. The Morgan fingerprint density at radius 2 is 2.24 bits per heavy atom. The Hall–Kier alpha value is -1.51. The molecule has 2 unspecified atom stereocenters. The van der Waals surface area contributed by atoms with Crippen molar-refractivity contribution in [1.82, 2.24) is 4.90 Å². The fourth-order valence-electron chi connectivity index (χ4n) is 1.91. The molecule has 1 amide bonds. The molecule has 2 N–H and O–H groups in total. The number of piperidine rings is 1. The number of aliphatic hydroxyl groups is 1. The van der Waals surface area contributed by atoms with E-state index in [9.17, 15) is 23.1 Å². The Labute approximate surface area is 93.3 Å². The molecule has 2 rings (SSSR count). The fraction of sp³-hybridized carbons (Fsp3) is 0.750. The van der Waals surface area contributed by atoms with Gasteiger partial charge in [0.1, 0.15) is 0 Å². The number of fused-ring (bicyclic) bond motifs is 1. The molecule has 0 aromatic heterocycles. The van der Waals surface area contributed by atoms with Crippen LogP contribution >= 0.6 is 0 Å². The van der Waals surface area contributed by atoms with E-state index in [4.69, 9.17) is 5.11 Å². The maximum atomic E-state index is 12.6. The van der Waals surface area contributed by atoms with Crippen LogP contribution in [0.4, 0.5) is 18.0 Å². The first-order chi connectivity index (χ1) is 7.75. The first-order valence-corrected chi connectivity index (χ1v) is 4.77. The molecule has 0 aliphatic carbocycles. The number of amides is 1. The maximum absolute atomic E-state index is 12.6. The maximum Gasteiger partial charge on any atom is 0.458 e. The molecule has 0 aromatic rings. The minimum absolute atomic E-state index is 0.0232. The second-order valence-electron chi connectivity index (χ2n) is 3.90. The van der Waals surface area contributed by atoms with Gasteiger partial charge in [-0.3, -0.25) is 0 Å². The van der Waals surface area contributed by atoms with Crippen LogP contribution in [0.3, 0.4) is 0 Å². The quantitative estimate of drug-likeness (QED) is 0.664. The van der Waals surface area contributed by atoms with Crippen LogP contribution in [0.15, 0.2) is 5.16 Å². The lowest BCUT2D eigenvalue weighted by Crippen LogP contribution is -2.57. The largest absolute Gasteiger partial charge is 0.465 e. The van der Waals surface area contributed by atoms with E-state index in [0.717, 1.165) is 4.90 Å². The van der Waals surface area contributed by atoms with Gasteiger partial charge in [-0.25, -0.2) is 4.79 Å². The standard InChI is InChI=1S/C8H9F3N2O4/c9-8(10,11)7(16)4-3-13(6(14)15)2-1-5(4)12-17-7/h4,16H,1-3H2,(H,14,15). The van der Waals surface area contributed by atoms with E-state index in [-0.39, 0.29) is 18.7 Å². The van der Waals surface area contributed by atoms with Crippen LogP contribution in [-0.2, 0) is 4.84 Å². The molecule has 0 spiro atoms. The molecule has 0 aromatic carbocycles. The molecule has 0 saturated carbocycles. The Morgan fingerprint density at radius 3 is 2.76 bits per heavy atom. The van der Waals surface area contributed by atoms with E-state index in [1.54, 1.807) is 0 Å². The van der Waals surface area contributed by atoms with Crippen LogP contribution < -0.4 is 0 Å². The molecular weight excluding hydrogens is 245 g/mol. The molecule has 2 aliphatic heterocycles. The zero-order valence-corrected chi connectivity index (χ0v) is 8.44. The highest BCUT2D eigenvalue weighted by Crippen LogP contribution is 2.43. The lowest BCUT2D eigenvalue weighted by Gasteiger charge is -2.35. The van der Waals surface area contributed by atoms with Gasteiger partial charge in [0, 0.05) is 19.5 Å². The summed E-state index contributed by atoms with van der Waals surface area (Å²) in [6.07, 6.45) is -6.33. The molecule has 6 nitrogen and oxygen atoms in total. The fourth-order valence-corrected chi connectivity index (χ4v) is 1.91. The number of hydrogen-bond donors (Lipinski definition) is 2. The zero-order chi connectivity index (χ0) is 12.8. The van der Waals surface area contributed by atoms with Crippen molar-refractivity contribution in [3.05, 3.63) is 0 Å². The van der Waals surface area contributed by atoms with Crippen LogP contribution in [0.5, 0.6) is 0 Å². The van der Waals surface area contributed by atoms with Crippen LogP contribution in [0.2, 0.25) is 0 Å². The topological polar surface area (TPSA) is 82.4 Å². The number of oxime groups is 1. The van der Waals surface area contributed by atoms with Gasteiger partial charge in [0.05, 0.1) is 11.6 Å². The first kappa shape index (κ1) is 12.0. The van der Waals surface area contributed by atoms with E-state index in [1.165, 1.54) is 0 Å². The summed E-state index contributed by atoms with van der Waals surface area (Å²) in [6, 6.07) is 0. The Bertz CT molecular complexity index is 383. The van der Waals surface area contributed by atoms with Crippen molar-refractivity contribution in [1.29, 1.82) is 0 Å². The minimum atomic E-state index is -5.02. The second-order valence-corrected chi connectivity index (χ2v) is 3.90. The van der Waals surface area contributed by atoms with Gasteiger partial charge in [-0.05, 0) is 0 Å². The van der Waals surface area contributed by atoms with Crippen molar-refractivity contribution >= 4 is 11.8 Å². The van der Waals surface area contributed by atoms with Crippen LogP contribution in [0.1, 0.15) is 6.42 Å². The highest BCUT2D eigenvalue weighted by Gasteiger charge is 2.67. The third kappa shape index (κ3) is 1.70. The summed E-state index contributed by atoms with van der Waals surface area (Å²) >= 11 is 0. The number of likely N-dealkylation sites (tertiary alicyclic amines) is 1. The van der Waals surface area contributed by atoms with E-state index in [2.05, 4.69) is 9.99 Å². The summed E-state index contributed by atoms with van der Waals surface area (Å²) in [5.74, 6) is -4.91. The number of halogens is 3. The summed E-state index contributed by atoms with van der Waals surface area (Å²) in [5.41, 5.74) is 0.0438. The third-order valence-electron chi connectivity index (χ3n) is 2.89. The molecule has 0 radical (unpaired) electrons. The lowest BCUT2D eigenvalue weighted by atomic mass is 9.88. The summed E-state index contributed by atoms with van der Waals surface area (Å²) < 4.78 is 37.9. The molecule has 2 heterocycles. The van der Waals surface area contributed by atoms with E-state index >= 15 is 0 Å². The number of alkyl halides is 3. The molecule has 1 saturated heterocycles. The summed E-state index contributed by atoms with van der Waals surface area (Å²) in [7, 11) is 0. The average molecular weight is 254 g/mol. The number of hydrogen-bond acceptors (Lipinski definition) is 4. The second kappa shape index (κ2) is 3.49. The van der Waals surface area contributed by atoms with E-state index < -0.39 is 30.5 Å². The SMILES string of the molecule is O=C(O)N1CCC2=NOC(O)(C(F)(F)F)C2C1. The van der Waals surface area contributed by atoms with Crippen molar-refractivity contribution in [2.45, 2.75) is 18.4 Å². The van der Waals surface area contributed by atoms with Crippen molar-refractivity contribution in [3.63, 3.8) is 0 Å². The molecule has 9 heteroatoms. The highest BCUT2D eigenvalue weighted by molar-refractivity contribution is 5.90. The van der Waals surface area contributed by atoms with Gasteiger partial charge in [0.25, 0.3) is 0 Å². The van der Waals surface area contributed by atoms with Gasteiger partial charge in [-0.1, -0.05) is 5.16 Å². The van der Waals surface area contributed by atoms with Gasteiger partial charge in [0.2, 0.25) is 0 Å². The van der Waals surface area contributed by atoms with Gasteiger partial charge < -0.3 is 20.0 Å². The predicted octanol–water partition coefficient (Wildman–Crippen LogP) is 0.623. The first-order valence-electron chi connectivity index (χ1n) is 4.77. The predicted molar refractivity (Wildman–Crippen MR) is 47.2 cm³/mol. The Kier molecular flexibility index (Phi) is 2.45. The minimum Gasteiger partial charge on any atom is -0.465 e. The van der Waals surface area contributed by atoms with Gasteiger partial charge in [0.15, 0.2) is 0 Å². The number of nitrogens with zero attached hydrogens (tertiary/aromatic N) is 2. The Morgan fingerprint density at radius 1 is 1.59 bits per heavy atom. The molecule has 2 aliphatic rings. The molecule has 96 valence electrons. The van der Waals surface area contributed by atoms with Crippen LogP contribution in [0.25, 0.3) is 0 Å². The van der Waals surface area contributed by atoms with E-state index in [1.807, 2.05) is 0 Å². The summed E-state index contributed by atoms with van der Waals surface area (Å²) in [4.78, 5) is 15.6. The van der Waals surface area contributed by atoms with Crippen molar-refractivity contribution in [2.75, 3.05) is 13.1 Å². The van der Waals surface area contributed by atoms with Crippen molar-refractivity contribution < 1.29 is 33.0 Å². The van der Waals surface area contributed by atoms with Crippen molar-refractivity contribution in [2.24, 2.45) is 11.1 Å². The number of carboxylic acid groups (broad SMARTS) is 1. The van der Waals surface area contributed by atoms with Crippen molar-refractivity contribution in [3.8, 4) is 0 Å². The monoisotopic (exact) mass is 254 g/mol. The number of carbonyl (C=O) groups is 1. The normalized spacial score (nSPS) is 32.8. The lowest BCUT2D eigenvalue weighted by molar-refractivity contribution is -0.370. The molecule has 2 atom stereocenters. The van der Waals surface area contributed by atoms with Gasteiger partial charge in [-0.15, -0.1) is 0 Å². The van der Waals surface area contributed by atoms with Crippen LogP contribution in [0, 0.1) is 5.92 Å². The average Bonchev–Trinajstić information content (AvgIpc) is 2.56. The molecule has 0 bridgehead atoms. The van der Waals surface area contributed by atoms with E-state index in [0.29, 0.717) is 0 Å². The van der Waals surface area contributed by atoms with Gasteiger partial charge in [-0.2, -0.15) is 13.2 Å². The zero-order valence-electron chi connectivity index (χ0n) is 8.44. The smallest absolute Gasteiger partial charge is 0.458 e. The summed E-state index contributed by atoms with van der Waals surface area (Å²) in [6.45, 7) is -0.438. The molecular formula is C8H9F3N2O4. The Balaban J connectivity index is 2.24. The molecule has 17 heavy (non-hydrogen) atoms. The molecule has 1 fully saturated rings. The van der Waals surface area contributed by atoms with Crippen LogP contribution in [-0.4, -0.2) is 52.0 Å². The third-order valence-corrected chi connectivity index (χ3v) is 2.89. The summed E-state index contributed by atoms with van der Waals surface area (Å²) in [5, 5.41) is 21.4. The van der Waals surface area contributed by atoms with Gasteiger partial charge >= 0.3 is 18.1 Å².